The standard InChI is InChI=1S/C20H35NOSi/c1-17(2)23(18(3)4,19(5)6)22-15-11-10-14-21-16-20-12-8-7-9-13-20/h7-13,17-19,21H,14-16H2,1-6H3/b11-10+. The van der Waals surface area contributed by atoms with Crippen LogP contribution in [0.25, 0.3) is 0 Å². The Morgan fingerprint density at radius 2 is 1.48 bits per heavy atom. The lowest BCUT2D eigenvalue weighted by Gasteiger charge is -2.41. The summed E-state index contributed by atoms with van der Waals surface area (Å²) >= 11 is 0. The molecule has 0 fully saturated rings. The van der Waals surface area contributed by atoms with Gasteiger partial charge < -0.3 is 9.74 Å². The fraction of sp³-hybridized carbons (Fsp3) is 0.600. The van der Waals surface area contributed by atoms with Crippen LogP contribution in [0.1, 0.15) is 47.1 Å². The Kier molecular flexibility index (Phi) is 8.81. The van der Waals surface area contributed by atoms with E-state index in [0.29, 0.717) is 16.6 Å². The van der Waals surface area contributed by atoms with Crippen molar-refractivity contribution < 1.29 is 4.43 Å². The Morgan fingerprint density at radius 3 is 2.00 bits per heavy atom. The van der Waals surface area contributed by atoms with Crippen LogP contribution in [0.2, 0.25) is 16.6 Å². The van der Waals surface area contributed by atoms with Gasteiger partial charge in [0.2, 0.25) is 8.32 Å². The second-order valence-corrected chi connectivity index (χ2v) is 12.7. The molecule has 130 valence electrons. The van der Waals surface area contributed by atoms with Gasteiger partial charge in [-0.1, -0.05) is 84.0 Å². The van der Waals surface area contributed by atoms with Gasteiger partial charge in [-0.3, -0.25) is 0 Å². The summed E-state index contributed by atoms with van der Waals surface area (Å²) in [6.07, 6.45) is 4.36. The Hall–Kier alpha value is -0.903. The third kappa shape index (κ3) is 5.90. The number of benzene rings is 1. The van der Waals surface area contributed by atoms with Gasteiger partial charge in [0.1, 0.15) is 0 Å². The van der Waals surface area contributed by atoms with Crippen LogP contribution in [-0.4, -0.2) is 21.5 Å². The van der Waals surface area contributed by atoms with Crippen molar-refractivity contribution in [1.29, 1.82) is 0 Å². The summed E-state index contributed by atoms with van der Waals surface area (Å²) in [4.78, 5) is 0. The van der Waals surface area contributed by atoms with Crippen molar-refractivity contribution in [2.24, 2.45) is 0 Å². The summed E-state index contributed by atoms with van der Waals surface area (Å²) in [5.41, 5.74) is 3.26. The SMILES string of the molecule is CC(C)[Si](OC/C=C/CNCc1ccccc1)(C(C)C)C(C)C. The van der Waals surface area contributed by atoms with Crippen LogP contribution in [-0.2, 0) is 11.0 Å². The second kappa shape index (κ2) is 10.1. The lowest BCUT2D eigenvalue weighted by atomic mass is 10.2. The van der Waals surface area contributed by atoms with Gasteiger partial charge in [-0.15, -0.1) is 0 Å². The molecule has 0 bridgehead atoms. The zero-order chi connectivity index (χ0) is 17.3. The Bertz CT molecular complexity index is 432. The van der Waals surface area contributed by atoms with E-state index in [-0.39, 0.29) is 0 Å². The van der Waals surface area contributed by atoms with Crippen molar-refractivity contribution in [3.05, 3.63) is 48.0 Å². The lowest BCUT2D eigenvalue weighted by molar-refractivity contribution is 0.316. The van der Waals surface area contributed by atoms with Crippen LogP contribution in [0.4, 0.5) is 0 Å². The van der Waals surface area contributed by atoms with Gasteiger partial charge in [-0.2, -0.15) is 0 Å². The lowest BCUT2D eigenvalue weighted by Crippen LogP contribution is -2.47. The molecule has 0 saturated heterocycles. The molecule has 1 aromatic carbocycles. The van der Waals surface area contributed by atoms with Crippen molar-refractivity contribution in [2.45, 2.75) is 64.7 Å². The van der Waals surface area contributed by atoms with Gasteiger partial charge in [-0.05, 0) is 22.2 Å². The smallest absolute Gasteiger partial charge is 0.200 e. The third-order valence-corrected chi connectivity index (χ3v) is 10.8. The van der Waals surface area contributed by atoms with Gasteiger partial charge in [0.25, 0.3) is 0 Å². The molecule has 3 heteroatoms. The molecule has 0 spiro atoms. The van der Waals surface area contributed by atoms with Gasteiger partial charge in [0.15, 0.2) is 0 Å². The molecule has 1 N–H and O–H groups in total. The number of hydrogen-bond acceptors (Lipinski definition) is 2. The molecule has 0 amide bonds. The van der Waals surface area contributed by atoms with E-state index in [1.54, 1.807) is 0 Å². The highest BCUT2D eigenvalue weighted by Gasteiger charge is 2.44. The molecule has 23 heavy (non-hydrogen) atoms. The zero-order valence-electron chi connectivity index (χ0n) is 15.8. The van der Waals surface area contributed by atoms with Crippen molar-refractivity contribution in [3.63, 3.8) is 0 Å². The molecule has 0 aromatic heterocycles. The highest BCUT2D eigenvalue weighted by molar-refractivity contribution is 6.77. The molecule has 0 unspecified atom stereocenters. The van der Waals surface area contributed by atoms with Crippen molar-refractivity contribution in [3.8, 4) is 0 Å². The van der Waals surface area contributed by atoms with E-state index in [2.05, 4.69) is 89.3 Å². The highest BCUT2D eigenvalue weighted by Crippen LogP contribution is 2.42. The summed E-state index contributed by atoms with van der Waals surface area (Å²) < 4.78 is 6.50. The molecule has 1 rings (SSSR count). The van der Waals surface area contributed by atoms with Crippen molar-refractivity contribution in [1.82, 2.24) is 5.32 Å². The van der Waals surface area contributed by atoms with Crippen LogP contribution in [0.3, 0.4) is 0 Å². The minimum Gasteiger partial charge on any atom is -0.412 e. The first-order valence-corrected chi connectivity index (χ1v) is 11.1. The quantitative estimate of drug-likeness (QED) is 0.345. The maximum atomic E-state index is 6.50. The fourth-order valence-corrected chi connectivity index (χ4v) is 9.12. The zero-order valence-corrected chi connectivity index (χ0v) is 16.8. The molecule has 1 aromatic rings. The molecule has 0 radical (unpaired) electrons. The Balaban J connectivity index is 2.38. The first kappa shape index (κ1) is 20.1. The van der Waals surface area contributed by atoms with E-state index in [0.717, 1.165) is 19.7 Å². The van der Waals surface area contributed by atoms with Gasteiger partial charge in [-0.25, -0.2) is 0 Å². The first-order chi connectivity index (χ1) is 10.9. The minimum atomic E-state index is -1.72. The van der Waals surface area contributed by atoms with E-state index in [1.807, 2.05) is 0 Å². The topological polar surface area (TPSA) is 21.3 Å². The normalized spacial score (nSPS) is 12.9. The van der Waals surface area contributed by atoms with Crippen molar-refractivity contribution >= 4 is 8.32 Å². The summed E-state index contributed by atoms with van der Waals surface area (Å²) in [6, 6.07) is 10.5. The highest BCUT2D eigenvalue weighted by atomic mass is 28.4. The average molecular weight is 334 g/mol. The Labute approximate surface area is 144 Å². The monoisotopic (exact) mass is 333 g/mol. The molecular weight excluding hydrogens is 298 g/mol. The van der Waals surface area contributed by atoms with Crippen LogP contribution in [0, 0.1) is 0 Å². The third-order valence-electron chi connectivity index (χ3n) is 4.74. The van der Waals surface area contributed by atoms with Gasteiger partial charge in [0, 0.05) is 13.1 Å². The Morgan fingerprint density at radius 1 is 0.913 bits per heavy atom. The largest absolute Gasteiger partial charge is 0.412 e. The fourth-order valence-electron chi connectivity index (χ4n) is 3.74. The summed E-state index contributed by atoms with van der Waals surface area (Å²) in [6.45, 7) is 16.5. The number of nitrogens with one attached hydrogen (secondary N) is 1. The summed E-state index contributed by atoms with van der Waals surface area (Å²) in [5.74, 6) is 0. The molecular formula is C20H35NOSi. The predicted octanol–water partition coefficient (Wildman–Crippen LogP) is 5.52. The predicted molar refractivity (Wildman–Crippen MR) is 104 cm³/mol. The second-order valence-electron chi connectivity index (χ2n) is 7.22. The summed E-state index contributed by atoms with van der Waals surface area (Å²) in [7, 11) is -1.72. The van der Waals surface area contributed by atoms with Crippen LogP contribution < -0.4 is 5.32 Å². The molecule has 2 nitrogen and oxygen atoms in total. The first-order valence-electron chi connectivity index (χ1n) is 8.94. The molecule has 0 heterocycles. The van der Waals surface area contributed by atoms with Crippen molar-refractivity contribution in [2.75, 3.05) is 13.2 Å². The molecule has 0 aliphatic carbocycles. The van der Waals surface area contributed by atoms with E-state index < -0.39 is 8.32 Å². The maximum Gasteiger partial charge on any atom is 0.200 e. The molecule has 0 aliphatic heterocycles. The van der Waals surface area contributed by atoms with E-state index >= 15 is 0 Å². The van der Waals surface area contributed by atoms with E-state index in [1.165, 1.54) is 5.56 Å². The minimum absolute atomic E-state index is 0.645. The average Bonchev–Trinajstić information content (AvgIpc) is 2.50. The van der Waals surface area contributed by atoms with Crippen LogP contribution in [0.15, 0.2) is 42.5 Å². The molecule has 0 saturated carbocycles. The van der Waals surface area contributed by atoms with Gasteiger partial charge in [0.05, 0.1) is 6.61 Å². The maximum absolute atomic E-state index is 6.50. The number of rotatable bonds is 10. The molecule has 0 aliphatic rings. The van der Waals surface area contributed by atoms with Gasteiger partial charge >= 0.3 is 0 Å². The van der Waals surface area contributed by atoms with E-state index in [4.69, 9.17) is 4.43 Å². The molecule has 0 atom stereocenters. The van der Waals surface area contributed by atoms with E-state index in [9.17, 15) is 0 Å². The number of hydrogen-bond donors (Lipinski definition) is 1. The van der Waals surface area contributed by atoms with Crippen LogP contribution >= 0.6 is 0 Å². The van der Waals surface area contributed by atoms with Crippen LogP contribution in [0.5, 0.6) is 0 Å². The summed E-state index contributed by atoms with van der Waals surface area (Å²) in [5, 5.41) is 3.44.